The molecule has 170 valence electrons. The maximum absolute atomic E-state index is 13.2. The van der Waals surface area contributed by atoms with Crippen LogP contribution in [0, 0.1) is 13.8 Å². The van der Waals surface area contributed by atoms with Crippen molar-refractivity contribution in [3.63, 3.8) is 0 Å². The number of hydrogen-bond donors (Lipinski definition) is 0. The lowest BCUT2D eigenvalue weighted by molar-refractivity contribution is 0.102. The molecule has 0 radical (unpaired) electrons. The first-order valence-electron chi connectivity index (χ1n) is 10.9. The first kappa shape index (κ1) is 23.0. The Hall–Kier alpha value is -3.16. The van der Waals surface area contributed by atoms with E-state index in [2.05, 4.69) is 21.7 Å². The van der Waals surface area contributed by atoms with Crippen LogP contribution in [0.4, 0.5) is 0 Å². The van der Waals surface area contributed by atoms with E-state index in [-0.39, 0.29) is 17.6 Å². The van der Waals surface area contributed by atoms with Gasteiger partial charge in [-0.15, -0.1) is 10.2 Å². The molecule has 4 rings (SSSR count). The monoisotopic (exact) mass is 460 g/mol. The summed E-state index contributed by atoms with van der Waals surface area (Å²) in [5.74, 6) is 1.11. The van der Waals surface area contributed by atoms with Gasteiger partial charge in [0.1, 0.15) is 0 Å². The zero-order valence-electron chi connectivity index (χ0n) is 19.4. The van der Waals surface area contributed by atoms with E-state index >= 15 is 0 Å². The standard InChI is InChI=1S/C26H28N4O2S/c1-18-15-23(20(3)29(18)19(2)16-32-4)24(31)17-33-26-28-27-25(21-11-7-5-8-12-21)30(26)22-13-9-6-10-14-22/h5-15,19H,16-17H2,1-4H3/t19-/m0/s1. The number of aromatic nitrogens is 4. The highest BCUT2D eigenvalue weighted by atomic mass is 32.2. The number of methoxy groups -OCH3 is 1. The van der Waals surface area contributed by atoms with Crippen LogP contribution in [-0.4, -0.2) is 44.6 Å². The molecular formula is C26H28N4O2S. The van der Waals surface area contributed by atoms with Gasteiger partial charge in [0, 0.05) is 35.3 Å². The van der Waals surface area contributed by atoms with E-state index in [1.165, 1.54) is 11.8 Å². The van der Waals surface area contributed by atoms with Crippen molar-refractivity contribution < 1.29 is 9.53 Å². The third kappa shape index (κ3) is 4.79. The normalized spacial score (nSPS) is 12.1. The number of nitrogens with zero attached hydrogens (tertiary/aromatic N) is 4. The predicted octanol–water partition coefficient (Wildman–Crippen LogP) is 5.54. The van der Waals surface area contributed by atoms with E-state index in [4.69, 9.17) is 4.74 Å². The van der Waals surface area contributed by atoms with Crippen LogP contribution in [0.25, 0.3) is 17.1 Å². The number of thioether (sulfide) groups is 1. The van der Waals surface area contributed by atoms with Crippen molar-refractivity contribution in [2.75, 3.05) is 19.5 Å². The molecule has 0 spiro atoms. The largest absolute Gasteiger partial charge is 0.383 e. The molecule has 33 heavy (non-hydrogen) atoms. The van der Waals surface area contributed by atoms with Gasteiger partial charge in [-0.3, -0.25) is 9.36 Å². The van der Waals surface area contributed by atoms with Crippen molar-refractivity contribution in [2.45, 2.75) is 32.0 Å². The molecule has 0 saturated carbocycles. The molecular weight excluding hydrogens is 432 g/mol. The van der Waals surface area contributed by atoms with Crippen LogP contribution in [0.2, 0.25) is 0 Å². The predicted molar refractivity (Wildman–Crippen MR) is 132 cm³/mol. The van der Waals surface area contributed by atoms with Crippen molar-refractivity contribution in [3.8, 4) is 17.1 Å². The highest BCUT2D eigenvalue weighted by Crippen LogP contribution is 2.29. The lowest BCUT2D eigenvalue weighted by Gasteiger charge is -2.17. The van der Waals surface area contributed by atoms with Crippen molar-refractivity contribution in [2.24, 2.45) is 0 Å². The first-order valence-corrected chi connectivity index (χ1v) is 11.9. The van der Waals surface area contributed by atoms with E-state index in [1.54, 1.807) is 7.11 Å². The van der Waals surface area contributed by atoms with Gasteiger partial charge in [0.05, 0.1) is 18.4 Å². The van der Waals surface area contributed by atoms with Crippen LogP contribution in [0.15, 0.2) is 71.9 Å². The topological polar surface area (TPSA) is 61.9 Å². The number of Topliss-reactive ketones (excluding diaryl/α,β-unsaturated/α-hetero) is 1. The molecule has 0 unspecified atom stereocenters. The maximum atomic E-state index is 13.2. The van der Waals surface area contributed by atoms with Gasteiger partial charge in [0.15, 0.2) is 16.8 Å². The zero-order valence-corrected chi connectivity index (χ0v) is 20.2. The number of ether oxygens (including phenoxy) is 1. The van der Waals surface area contributed by atoms with Crippen LogP contribution in [-0.2, 0) is 4.74 Å². The van der Waals surface area contributed by atoms with Crippen LogP contribution < -0.4 is 0 Å². The molecule has 2 aromatic carbocycles. The lowest BCUT2D eigenvalue weighted by Crippen LogP contribution is -2.14. The average Bonchev–Trinajstić information content (AvgIpc) is 3.39. The number of benzene rings is 2. The Morgan fingerprint density at radius 1 is 1.03 bits per heavy atom. The zero-order chi connectivity index (χ0) is 23.4. The van der Waals surface area contributed by atoms with E-state index in [0.29, 0.717) is 11.8 Å². The number of ketones is 1. The summed E-state index contributed by atoms with van der Waals surface area (Å²) in [6, 6.07) is 22.1. The van der Waals surface area contributed by atoms with Gasteiger partial charge in [-0.2, -0.15) is 0 Å². The van der Waals surface area contributed by atoms with Crippen LogP contribution in [0.5, 0.6) is 0 Å². The van der Waals surface area contributed by atoms with Crippen molar-refractivity contribution >= 4 is 17.5 Å². The summed E-state index contributed by atoms with van der Waals surface area (Å²) in [5, 5.41) is 9.58. The summed E-state index contributed by atoms with van der Waals surface area (Å²) in [6.07, 6.45) is 0. The fraction of sp³-hybridized carbons (Fsp3) is 0.269. The number of rotatable bonds is 9. The minimum Gasteiger partial charge on any atom is -0.383 e. The number of carbonyl (C=O) groups is 1. The molecule has 0 aliphatic carbocycles. The molecule has 4 aromatic rings. The molecule has 7 heteroatoms. The molecule has 0 fully saturated rings. The lowest BCUT2D eigenvalue weighted by atomic mass is 10.2. The highest BCUT2D eigenvalue weighted by molar-refractivity contribution is 7.99. The molecule has 0 saturated heterocycles. The average molecular weight is 461 g/mol. The smallest absolute Gasteiger partial charge is 0.196 e. The second-order valence-corrected chi connectivity index (χ2v) is 8.96. The SMILES string of the molecule is COC[C@H](C)n1c(C)cc(C(=O)CSc2nnc(-c3ccccc3)n2-c2ccccc2)c1C. The van der Waals surface area contributed by atoms with E-state index in [1.807, 2.05) is 85.1 Å². The van der Waals surface area contributed by atoms with Crippen molar-refractivity contribution in [1.29, 1.82) is 0 Å². The summed E-state index contributed by atoms with van der Waals surface area (Å²) < 4.78 is 9.49. The van der Waals surface area contributed by atoms with Crippen LogP contribution in [0.1, 0.15) is 34.7 Å². The van der Waals surface area contributed by atoms with E-state index in [9.17, 15) is 4.79 Å². The second kappa shape index (κ2) is 10.2. The quantitative estimate of drug-likeness (QED) is 0.243. The van der Waals surface area contributed by atoms with Gasteiger partial charge in [0.25, 0.3) is 0 Å². The molecule has 2 heterocycles. The Kier molecular flexibility index (Phi) is 7.11. The maximum Gasteiger partial charge on any atom is 0.196 e. The van der Waals surface area contributed by atoms with Gasteiger partial charge in [-0.1, -0.05) is 60.3 Å². The minimum atomic E-state index is 0.0767. The molecule has 0 N–H and O–H groups in total. The van der Waals surface area contributed by atoms with Crippen molar-refractivity contribution in [1.82, 2.24) is 19.3 Å². The number of hydrogen-bond acceptors (Lipinski definition) is 5. The third-order valence-electron chi connectivity index (χ3n) is 5.65. The highest BCUT2D eigenvalue weighted by Gasteiger charge is 2.21. The van der Waals surface area contributed by atoms with E-state index < -0.39 is 0 Å². The van der Waals surface area contributed by atoms with Gasteiger partial charge in [0.2, 0.25) is 0 Å². The minimum absolute atomic E-state index is 0.0767. The van der Waals surface area contributed by atoms with Gasteiger partial charge in [-0.25, -0.2) is 0 Å². The number of aryl methyl sites for hydroxylation is 1. The summed E-state index contributed by atoms with van der Waals surface area (Å²) in [4.78, 5) is 13.2. The van der Waals surface area contributed by atoms with Gasteiger partial charge >= 0.3 is 0 Å². The molecule has 1 atom stereocenters. The molecule has 2 aromatic heterocycles. The Morgan fingerprint density at radius 2 is 1.70 bits per heavy atom. The van der Waals surface area contributed by atoms with Gasteiger partial charge < -0.3 is 9.30 Å². The Morgan fingerprint density at radius 3 is 2.36 bits per heavy atom. The first-order chi connectivity index (χ1) is 16.0. The van der Waals surface area contributed by atoms with E-state index in [0.717, 1.165) is 34.0 Å². The molecule has 0 amide bonds. The molecule has 0 aliphatic heterocycles. The third-order valence-corrected chi connectivity index (χ3v) is 6.57. The second-order valence-electron chi connectivity index (χ2n) is 8.01. The Balaban J connectivity index is 1.61. The fourth-order valence-corrected chi connectivity index (χ4v) is 5.04. The summed E-state index contributed by atoms with van der Waals surface area (Å²) in [5.41, 5.74) is 4.71. The Labute approximate surface area is 198 Å². The summed E-state index contributed by atoms with van der Waals surface area (Å²) >= 11 is 1.41. The number of para-hydroxylation sites is 1. The summed E-state index contributed by atoms with van der Waals surface area (Å²) in [7, 11) is 1.69. The molecule has 0 aliphatic rings. The Bertz CT molecular complexity index is 1230. The van der Waals surface area contributed by atoms with Crippen molar-refractivity contribution in [3.05, 3.63) is 83.7 Å². The number of carbonyl (C=O) groups excluding carboxylic acids is 1. The molecule has 0 bridgehead atoms. The van der Waals surface area contributed by atoms with Crippen LogP contribution in [0.3, 0.4) is 0 Å². The fourth-order valence-electron chi connectivity index (χ4n) is 4.21. The summed E-state index contributed by atoms with van der Waals surface area (Å²) in [6.45, 7) is 6.72. The molecule has 6 nitrogen and oxygen atoms in total. The van der Waals surface area contributed by atoms with Crippen LogP contribution >= 0.6 is 11.8 Å². The van der Waals surface area contributed by atoms with Gasteiger partial charge in [-0.05, 0) is 39.0 Å².